The maximum absolute atomic E-state index is 10.7. The van der Waals surface area contributed by atoms with Gasteiger partial charge >= 0.3 is 0 Å². The van der Waals surface area contributed by atoms with Gasteiger partial charge in [0.2, 0.25) is 5.91 Å². The Labute approximate surface area is 90.0 Å². The summed E-state index contributed by atoms with van der Waals surface area (Å²) in [5.41, 5.74) is 6.45. The summed E-state index contributed by atoms with van der Waals surface area (Å²) < 4.78 is 0. The molecular weight excluding hydrogens is 212 g/mol. The summed E-state index contributed by atoms with van der Waals surface area (Å²) in [4.78, 5) is 23.0. The van der Waals surface area contributed by atoms with Gasteiger partial charge in [0.1, 0.15) is 10.7 Å². The maximum atomic E-state index is 10.7. The molecule has 0 radical (unpaired) electrons. The topological polar surface area (TPSA) is 81.8 Å². The Kier molecular flexibility index (Phi) is 2.68. The number of hydrogen-bond donors (Lipinski definition) is 1. The quantitative estimate of drug-likeness (QED) is 0.822. The van der Waals surface area contributed by atoms with Crippen molar-refractivity contribution >= 4 is 17.2 Å². The first-order valence-electron chi connectivity index (χ1n) is 4.25. The van der Waals surface area contributed by atoms with Gasteiger partial charge in [-0.05, 0) is 0 Å². The summed E-state index contributed by atoms with van der Waals surface area (Å²) in [6, 6.07) is 0. The molecule has 0 aliphatic heterocycles. The van der Waals surface area contributed by atoms with Crippen LogP contribution in [0.1, 0.15) is 5.69 Å². The Morgan fingerprint density at radius 2 is 2.33 bits per heavy atom. The zero-order chi connectivity index (χ0) is 10.7. The van der Waals surface area contributed by atoms with E-state index in [1.807, 2.05) is 0 Å². The van der Waals surface area contributed by atoms with E-state index in [0.29, 0.717) is 11.4 Å². The van der Waals surface area contributed by atoms with Gasteiger partial charge < -0.3 is 5.73 Å². The molecule has 2 rings (SSSR count). The Balaban J connectivity index is 2.24. The predicted octanol–water partition coefficient (Wildman–Crippen LogP) is 0.628. The Bertz CT molecular complexity index is 468. The number of hydrogen-bond acceptors (Lipinski definition) is 5. The molecule has 0 aliphatic rings. The van der Waals surface area contributed by atoms with Crippen molar-refractivity contribution in [2.75, 3.05) is 0 Å². The summed E-state index contributed by atoms with van der Waals surface area (Å²) in [6.07, 6.45) is 5.00. The van der Waals surface area contributed by atoms with Gasteiger partial charge in [-0.15, -0.1) is 11.3 Å². The fraction of sp³-hybridized carbons (Fsp3) is 0.111. The van der Waals surface area contributed by atoms with Gasteiger partial charge in [0.25, 0.3) is 0 Å². The van der Waals surface area contributed by atoms with E-state index in [9.17, 15) is 4.79 Å². The second kappa shape index (κ2) is 4.14. The molecule has 2 heterocycles. The third-order valence-electron chi connectivity index (χ3n) is 1.69. The van der Waals surface area contributed by atoms with Crippen molar-refractivity contribution in [2.24, 2.45) is 5.73 Å². The summed E-state index contributed by atoms with van der Waals surface area (Å²) in [5.74, 6) is -0.383. The molecule has 15 heavy (non-hydrogen) atoms. The molecule has 0 saturated heterocycles. The van der Waals surface area contributed by atoms with Crippen LogP contribution in [0.2, 0.25) is 0 Å². The number of carbonyl (C=O) groups excluding carboxylic acids is 1. The monoisotopic (exact) mass is 220 g/mol. The molecule has 0 aliphatic carbocycles. The molecule has 0 unspecified atom stereocenters. The average molecular weight is 220 g/mol. The van der Waals surface area contributed by atoms with Gasteiger partial charge in [0, 0.05) is 17.8 Å². The van der Waals surface area contributed by atoms with Crippen molar-refractivity contribution in [2.45, 2.75) is 6.42 Å². The summed E-state index contributed by atoms with van der Waals surface area (Å²) >= 11 is 1.42. The Morgan fingerprint density at radius 1 is 1.47 bits per heavy atom. The minimum absolute atomic E-state index is 0.163. The van der Waals surface area contributed by atoms with Crippen LogP contribution in [0.3, 0.4) is 0 Å². The molecule has 0 fully saturated rings. The zero-order valence-corrected chi connectivity index (χ0v) is 8.57. The summed E-state index contributed by atoms with van der Waals surface area (Å²) in [5, 5.41) is 2.55. The van der Waals surface area contributed by atoms with E-state index in [1.165, 1.54) is 11.3 Å². The predicted molar refractivity (Wildman–Crippen MR) is 56.0 cm³/mol. The first-order valence-corrected chi connectivity index (χ1v) is 5.13. The maximum Gasteiger partial charge on any atom is 0.223 e. The first kappa shape index (κ1) is 9.72. The highest BCUT2D eigenvalue weighted by Gasteiger charge is 2.07. The van der Waals surface area contributed by atoms with Gasteiger partial charge in [0.05, 0.1) is 18.3 Å². The average Bonchev–Trinajstić information content (AvgIpc) is 2.67. The second-order valence-corrected chi connectivity index (χ2v) is 3.74. The number of thiazole rings is 1. The molecule has 76 valence electrons. The lowest BCUT2D eigenvalue weighted by molar-refractivity contribution is -0.117. The van der Waals surface area contributed by atoms with Gasteiger partial charge in [-0.1, -0.05) is 0 Å². The highest BCUT2D eigenvalue weighted by molar-refractivity contribution is 7.13. The molecule has 2 aromatic rings. The van der Waals surface area contributed by atoms with Crippen LogP contribution in [0.25, 0.3) is 10.7 Å². The molecule has 0 saturated carbocycles. The van der Waals surface area contributed by atoms with Gasteiger partial charge in [0.15, 0.2) is 0 Å². The highest BCUT2D eigenvalue weighted by Crippen LogP contribution is 2.20. The second-order valence-electron chi connectivity index (χ2n) is 2.88. The first-order chi connectivity index (χ1) is 7.25. The van der Waals surface area contributed by atoms with E-state index in [2.05, 4.69) is 15.0 Å². The van der Waals surface area contributed by atoms with Crippen LogP contribution in [0.15, 0.2) is 24.0 Å². The normalized spacial score (nSPS) is 10.1. The summed E-state index contributed by atoms with van der Waals surface area (Å²) in [6.45, 7) is 0. The minimum atomic E-state index is -0.383. The van der Waals surface area contributed by atoms with Crippen molar-refractivity contribution in [1.29, 1.82) is 0 Å². The third kappa shape index (κ3) is 2.35. The third-order valence-corrected chi connectivity index (χ3v) is 2.60. The molecule has 0 atom stereocenters. The number of nitrogens with zero attached hydrogens (tertiary/aromatic N) is 3. The zero-order valence-electron chi connectivity index (χ0n) is 7.75. The van der Waals surface area contributed by atoms with E-state index in [4.69, 9.17) is 5.73 Å². The molecule has 0 aromatic carbocycles. The van der Waals surface area contributed by atoms with Crippen molar-refractivity contribution < 1.29 is 4.79 Å². The van der Waals surface area contributed by atoms with Crippen LogP contribution in [-0.2, 0) is 11.2 Å². The van der Waals surface area contributed by atoms with Gasteiger partial charge in [-0.3, -0.25) is 14.8 Å². The molecule has 5 nitrogen and oxygen atoms in total. The van der Waals surface area contributed by atoms with E-state index in [-0.39, 0.29) is 12.3 Å². The van der Waals surface area contributed by atoms with E-state index in [0.717, 1.165) is 5.01 Å². The largest absolute Gasteiger partial charge is 0.369 e. The molecule has 2 aromatic heterocycles. The van der Waals surface area contributed by atoms with Crippen LogP contribution >= 0.6 is 11.3 Å². The van der Waals surface area contributed by atoms with Crippen LogP contribution < -0.4 is 5.73 Å². The Morgan fingerprint density at radius 3 is 3.00 bits per heavy atom. The number of nitrogens with two attached hydrogens (primary N) is 1. The molecule has 0 bridgehead atoms. The SMILES string of the molecule is NC(=O)Cc1csc(-c2cnccn2)n1. The van der Waals surface area contributed by atoms with Crippen LogP contribution in [0.4, 0.5) is 0 Å². The summed E-state index contributed by atoms with van der Waals surface area (Å²) in [7, 11) is 0. The molecule has 0 spiro atoms. The lowest BCUT2D eigenvalue weighted by Crippen LogP contribution is -2.13. The van der Waals surface area contributed by atoms with E-state index >= 15 is 0 Å². The fourth-order valence-corrected chi connectivity index (χ4v) is 1.87. The standard InChI is InChI=1S/C9H8N4OS/c10-8(14)3-6-5-15-9(13-6)7-4-11-1-2-12-7/h1-2,4-5H,3H2,(H2,10,14). The smallest absolute Gasteiger partial charge is 0.223 e. The number of amides is 1. The van der Waals surface area contributed by atoms with Crippen molar-refractivity contribution in [3.05, 3.63) is 29.7 Å². The molecule has 6 heteroatoms. The van der Waals surface area contributed by atoms with E-state index < -0.39 is 0 Å². The molecule has 1 amide bonds. The number of primary amides is 1. The van der Waals surface area contributed by atoms with Gasteiger partial charge in [-0.2, -0.15) is 0 Å². The van der Waals surface area contributed by atoms with Gasteiger partial charge in [-0.25, -0.2) is 4.98 Å². The van der Waals surface area contributed by atoms with Crippen LogP contribution in [-0.4, -0.2) is 20.9 Å². The number of carbonyl (C=O) groups is 1. The number of rotatable bonds is 3. The number of aromatic nitrogens is 3. The van der Waals surface area contributed by atoms with Crippen molar-refractivity contribution in [1.82, 2.24) is 15.0 Å². The fourth-order valence-electron chi connectivity index (χ4n) is 1.09. The minimum Gasteiger partial charge on any atom is -0.369 e. The van der Waals surface area contributed by atoms with Crippen LogP contribution in [0, 0.1) is 0 Å². The highest BCUT2D eigenvalue weighted by atomic mass is 32.1. The van der Waals surface area contributed by atoms with E-state index in [1.54, 1.807) is 24.0 Å². The van der Waals surface area contributed by atoms with Crippen molar-refractivity contribution in [3.63, 3.8) is 0 Å². The lowest BCUT2D eigenvalue weighted by Gasteiger charge is -1.92. The van der Waals surface area contributed by atoms with Crippen molar-refractivity contribution in [3.8, 4) is 10.7 Å². The molecule has 2 N–H and O–H groups in total. The Hall–Kier alpha value is -1.82. The lowest BCUT2D eigenvalue weighted by atomic mass is 10.3. The van der Waals surface area contributed by atoms with Crippen LogP contribution in [0.5, 0.6) is 0 Å². The molecular formula is C9H8N4OS.